The van der Waals surface area contributed by atoms with Gasteiger partial charge >= 0.3 is 0 Å². The maximum absolute atomic E-state index is 6.07. The van der Waals surface area contributed by atoms with Crippen molar-refractivity contribution < 1.29 is 4.74 Å². The molecule has 18 heavy (non-hydrogen) atoms. The molecule has 1 aromatic rings. The third-order valence-electron chi connectivity index (χ3n) is 3.53. The maximum Gasteiger partial charge on any atom is 0.120 e. The summed E-state index contributed by atoms with van der Waals surface area (Å²) in [4.78, 5) is 0.402. The fourth-order valence-electron chi connectivity index (χ4n) is 2.40. The summed E-state index contributed by atoms with van der Waals surface area (Å²) in [5, 5.41) is 0. The van der Waals surface area contributed by atoms with Gasteiger partial charge in [0, 0.05) is 10.0 Å². The summed E-state index contributed by atoms with van der Waals surface area (Å²) in [6, 6.07) is 5.81. The first-order valence-electron chi connectivity index (χ1n) is 6.34. The number of rotatable bonds is 3. The van der Waals surface area contributed by atoms with Gasteiger partial charge in [0.2, 0.25) is 0 Å². The number of thiocarbonyl (C=S) groups is 1. The summed E-state index contributed by atoms with van der Waals surface area (Å²) in [5.41, 5.74) is 6.49. The molecule has 2 unspecified atom stereocenters. The molecule has 1 fully saturated rings. The molecule has 0 saturated heterocycles. The van der Waals surface area contributed by atoms with E-state index in [1.54, 1.807) is 0 Å². The standard InChI is InChI=1S/C14H18BrNOS/c1-9-4-2-3-5-13(9)17-10-6-7-11(14(16)18)12(15)8-10/h6-9,13H,2-5H2,1H3,(H2,16,18). The molecule has 0 heterocycles. The summed E-state index contributed by atoms with van der Waals surface area (Å²) in [7, 11) is 0. The molecular weight excluding hydrogens is 310 g/mol. The van der Waals surface area contributed by atoms with Crippen molar-refractivity contribution in [3.8, 4) is 5.75 Å². The number of nitrogens with two attached hydrogens (primary N) is 1. The van der Waals surface area contributed by atoms with Gasteiger partial charge in [0.15, 0.2) is 0 Å². The van der Waals surface area contributed by atoms with E-state index in [4.69, 9.17) is 22.7 Å². The van der Waals surface area contributed by atoms with Crippen LogP contribution >= 0.6 is 28.1 Å². The molecule has 98 valence electrons. The monoisotopic (exact) mass is 327 g/mol. The average molecular weight is 328 g/mol. The second-order valence-corrected chi connectivity index (χ2v) is 6.22. The lowest BCUT2D eigenvalue weighted by Crippen LogP contribution is -2.28. The highest BCUT2D eigenvalue weighted by Gasteiger charge is 2.23. The topological polar surface area (TPSA) is 35.2 Å². The minimum Gasteiger partial charge on any atom is -0.490 e. The number of hydrogen-bond donors (Lipinski definition) is 1. The Kier molecular flexibility index (Phi) is 4.62. The molecule has 4 heteroatoms. The van der Waals surface area contributed by atoms with Crippen molar-refractivity contribution in [2.24, 2.45) is 11.7 Å². The first-order valence-corrected chi connectivity index (χ1v) is 7.54. The molecule has 0 aromatic heterocycles. The molecule has 1 saturated carbocycles. The van der Waals surface area contributed by atoms with Gasteiger partial charge in [-0.1, -0.05) is 25.6 Å². The van der Waals surface area contributed by atoms with E-state index in [9.17, 15) is 0 Å². The summed E-state index contributed by atoms with van der Waals surface area (Å²) in [5.74, 6) is 1.52. The van der Waals surface area contributed by atoms with E-state index >= 15 is 0 Å². The summed E-state index contributed by atoms with van der Waals surface area (Å²) in [6.07, 6.45) is 5.33. The van der Waals surface area contributed by atoms with Crippen LogP contribution in [0.4, 0.5) is 0 Å². The number of benzene rings is 1. The van der Waals surface area contributed by atoms with Crippen LogP contribution in [-0.2, 0) is 0 Å². The molecule has 1 aliphatic carbocycles. The lowest BCUT2D eigenvalue weighted by molar-refractivity contribution is 0.102. The molecule has 1 aliphatic rings. The van der Waals surface area contributed by atoms with Crippen LogP contribution in [0.1, 0.15) is 38.2 Å². The highest BCUT2D eigenvalue weighted by Crippen LogP contribution is 2.30. The Bertz CT molecular complexity index is 449. The third kappa shape index (κ3) is 3.23. The van der Waals surface area contributed by atoms with E-state index in [2.05, 4.69) is 22.9 Å². The predicted octanol–water partition coefficient (Wildman–Crippen LogP) is 4.04. The van der Waals surface area contributed by atoms with Crippen molar-refractivity contribution in [1.82, 2.24) is 0 Å². The van der Waals surface area contributed by atoms with Crippen molar-refractivity contribution in [3.63, 3.8) is 0 Å². The van der Waals surface area contributed by atoms with Crippen molar-refractivity contribution in [2.75, 3.05) is 0 Å². The summed E-state index contributed by atoms with van der Waals surface area (Å²) < 4.78 is 6.97. The lowest BCUT2D eigenvalue weighted by Gasteiger charge is -2.29. The molecule has 0 spiro atoms. The van der Waals surface area contributed by atoms with Crippen LogP contribution in [0.25, 0.3) is 0 Å². The Morgan fingerprint density at radius 1 is 1.39 bits per heavy atom. The minimum absolute atomic E-state index is 0.335. The van der Waals surface area contributed by atoms with Gasteiger partial charge in [-0.05, 0) is 59.3 Å². The zero-order chi connectivity index (χ0) is 13.1. The van der Waals surface area contributed by atoms with Gasteiger partial charge in [-0.3, -0.25) is 0 Å². The number of halogens is 1. The Morgan fingerprint density at radius 3 is 2.72 bits per heavy atom. The summed E-state index contributed by atoms with van der Waals surface area (Å²) in [6.45, 7) is 2.27. The molecule has 2 N–H and O–H groups in total. The van der Waals surface area contributed by atoms with E-state index in [-0.39, 0.29) is 0 Å². The van der Waals surface area contributed by atoms with E-state index in [0.29, 0.717) is 17.0 Å². The fraction of sp³-hybridized carbons (Fsp3) is 0.500. The molecule has 0 bridgehead atoms. The lowest BCUT2D eigenvalue weighted by atomic mass is 9.88. The SMILES string of the molecule is CC1CCCCC1Oc1ccc(C(N)=S)c(Br)c1. The van der Waals surface area contributed by atoms with Crippen LogP contribution in [0.3, 0.4) is 0 Å². The van der Waals surface area contributed by atoms with Crippen LogP contribution in [0, 0.1) is 5.92 Å². The zero-order valence-electron chi connectivity index (χ0n) is 10.5. The van der Waals surface area contributed by atoms with Crippen molar-refractivity contribution in [2.45, 2.75) is 38.7 Å². The van der Waals surface area contributed by atoms with Crippen molar-refractivity contribution >= 4 is 33.1 Å². The third-order valence-corrected chi connectivity index (χ3v) is 4.40. The van der Waals surface area contributed by atoms with Gasteiger partial charge in [-0.25, -0.2) is 0 Å². The largest absolute Gasteiger partial charge is 0.490 e. The van der Waals surface area contributed by atoms with Crippen LogP contribution in [-0.4, -0.2) is 11.1 Å². The van der Waals surface area contributed by atoms with Crippen LogP contribution in [0.5, 0.6) is 5.75 Å². The molecule has 2 atom stereocenters. The Morgan fingerprint density at radius 2 is 2.11 bits per heavy atom. The van der Waals surface area contributed by atoms with Crippen molar-refractivity contribution in [3.05, 3.63) is 28.2 Å². The minimum atomic E-state index is 0.335. The first kappa shape index (κ1) is 13.8. The highest BCUT2D eigenvalue weighted by molar-refractivity contribution is 9.10. The zero-order valence-corrected chi connectivity index (χ0v) is 12.9. The van der Waals surface area contributed by atoms with Gasteiger partial charge in [-0.2, -0.15) is 0 Å². The molecular formula is C14H18BrNOS. The Balaban J connectivity index is 2.10. The summed E-state index contributed by atoms with van der Waals surface area (Å²) >= 11 is 8.46. The Hall–Kier alpha value is -0.610. The van der Waals surface area contributed by atoms with Gasteiger partial charge in [0.25, 0.3) is 0 Å². The number of ether oxygens (including phenoxy) is 1. The predicted molar refractivity (Wildman–Crippen MR) is 82.1 cm³/mol. The smallest absolute Gasteiger partial charge is 0.120 e. The van der Waals surface area contributed by atoms with Gasteiger partial charge in [0.1, 0.15) is 16.8 Å². The van der Waals surface area contributed by atoms with Gasteiger partial charge < -0.3 is 10.5 Å². The molecule has 0 radical (unpaired) electrons. The molecule has 2 rings (SSSR count). The number of hydrogen-bond acceptors (Lipinski definition) is 2. The second-order valence-electron chi connectivity index (χ2n) is 4.92. The van der Waals surface area contributed by atoms with Crippen LogP contribution in [0.2, 0.25) is 0 Å². The first-order chi connectivity index (χ1) is 8.58. The molecule has 2 nitrogen and oxygen atoms in total. The molecule has 0 aliphatic heterocycles. The van der Waals surface area contributed by atoms with E-state index < -0.39 is 0 Å². The normalized spacial score (nSPS) is 23.7. The van der Waals surface area contributed by atoms with E-state index in [0.717, 1.165) is 22.2 Å². The molecule has 0 amide bonds. The van der Waals surface area contributed by atoms with Crippen molar-refractivity contribution in [1.29, 1.82) is 0 Å². The fourth-order valence-corrected chi connectivity index (χ4v) is 3.28. The van der Waals surface area contributed by atoms with Crippen LogP contribution in [0.15, 0.2) is 22.7 Å². The molecule has 1 aromatic carbocycles. The van der Waals surface area contributed by atoms with E-state index in [1.807, 2.05) is 18.2 Å². The second kappa shape index (κ2) is 6.02. The van der Waals surface area contributed by atoms with Gasteiger partial charge in [0.05, 0.1) is 0 Å². The van der Waals surface area contributed by atoms with Crippen LogP contribution < -0.4 is 10.5 Å². The Labute approximate surface area is 122 Å². The van der Waals surface area contributed by atoms with E-state index in [1.165, 1.54) is 19.3 Å². The quantitative estimate of drug-likeness (QED) is 0.851. The maximum atomic E-state index is 6.07. The average Bonchev–Trinajstić information content (AvgIpc) is 2.32. The highest BCUT2D eigenvalue weighted by atomic mass is 79.9. The van der Waals surface area contributed by atoms with Gasteiger partial charge in [-0.15, -0.1) is 0 Å².